The second kappa shape index (κ2) is 6.27. The molecule has 0 radical (unpaired) electrons. The molecule has 0 aromatic heterocycles. The van der Waals surface area contributed by atoms with Crippen LogP contribution in [0.15, 0.2) is 12.2 Å². The molecular formula is C11H18N2O3. The molecule has 0 aromatic rings. The van der Waals surface area contributed by atoms with Gasteiger partial charge in [0, 0.05) is 26.2 Å². The number of amides is 1. The summed E-state index contributed by atoms with van der Waals surface area (Å²) >= 11 is 0. The van der Waals surface area contributed by atoms with E-state index in [-0.39, 0.29) is 11.9 Å². The lowest BCUT2D eigenvalue weighted by Crippen LogP contribution is -2.49. The van der Waals surface area contributed by atoms with Gasteiger partial charge in [0.1, 0.15) is 0 Å². The molecule has 0 aromatic carbocycles. The second-order valence-electron chi connectivity index (χ2n) is 3.68. The molecule has 5 heteroatoms. The van der Waals surface area contributed by atoms with Crippen molar-refractivity contribution >= 4 is 11.9 Å². The first-order valence-electron chi connectivity index (χ1n) is 5.38. The summed E-state index contributed by atoms with van der Waals surface area (Å²) < 4.78 is 4.59. The largest absolute Gasteiger partial charge is 0.468 e. The summed E-state index contributed by atoms with van der Waals surface area (Å²) in [6.45, 7) is 4.91. The van der Waals surface area contributed by atoms with Gasteiger partial charge < -0.3 is 9.64 Å². The first kappa shape index (κ1) is 12.7. The summed E-state index contributed by atoms with van der Waals surface area (Å²) in [5, 5.41) is 0. The molecule has 1 fully saturated rings. The van der Waals surface area contributed by atoms with Gasteiger partial charge in [0.15, 0.2) is 0 Å². The van der Waals surface area contributed by atoms with Crippen LogP contribution in [0.2, 0.25) is 0 Å². The Kier molecular flexibility index (Phi) is 4.98. The highest BCUT2D eigenvalue weighted by Gasteiger charge is 2.20. The van der Waals surface area contributed by atoms with Gasteiger partial charge in [-0.25, -0.2) is 0 Å². The van der Waals surface area contributed by atoms with Crippen LogP contribution in [0.4, 0.5) is 0 Å². The average molecular weight is 226 g/mol. The number of hydrogen-bond donors (Lipinski definition) is 0. The van der Waals surface area contributed by atoms with Gasteiger partial charge in [-0.05, 0) is 13.0 Å². The summed E-state index contributed by atoms with van der Waals surface area (Å²) in [4.78, 5) is 26.3. The van der Waals surface area contributed by atoms with E-state index < -0.39 is 0 Å². The summed E-state index contributed by atoms with van der Waals surface area (Å²) in [6, 6.07) is 0. The van der Waals surface area contributed by atoms with Gasteiger partial charge >= 0.3 is 5.97 Å². The highest BCUT2D eigenvalue weighted by molar-refractivity contribution is 5.87. The van der Waals surface area contributed by atoms with E-state index in [0.717, 1.165) is 13.1 Å². The number of ether oxygens (including phenoxy) is 1. The van der Waals surface area contributed by atoms with E-state index in [2.05, 4.69) is 4.74 Å². The zero-order chi connectivity index (χ0) is 12.0. The van der Waals surface area contributed by atoms with E-state index in [4.69, 9.17) is 0 Å². The monoisotopic (exact) mass is 226 g/mol. The van der Waals surface area contributed by atoms with Crippen molar-refractivity contribution in [2.45, 2.75) is 6.92 Å². The SMILES string of the molecule is CC=CC(=O)N1CCN(CC(=O)OC)CC1. The fourth-order valence-electron chi connectivity index (χ4n) is 1.62. The predicted molar refractivity (Wildman–Crippen MR) is 59.9 cm³/mol. The van der Waals surface area contributed by atoms with Crippen molar-refractivity contribution in [1.82, 2.24) is 9.80 Å². The summed E-state index contributed by atoms with van der Waals surface area (Å²) in [7, 11) is 1.38. The molecule has 1 saturated heterocycles. The Hall–Kier alpha value is -1.36. The first-order chi connectivity index (χ1) is 7.67. The number of methoxy groups -OCH3 is 1. The Bertz CT molecular complexity index is 281. The molecule has 1 amide bonds. The second-order valence-corrected chi connectivity index (χ2v) is 3.68. The zero-order valence-corrected chi connectivity index (χ0v) is 9.81. The standard InChI is InChI=1S/C11H18N2O3/c1-3-4-10(14)13-7-5-12(6-8-13)9-11(15)16-2/h3-4H,5-9H2,1-2H3. The lowest BCUT2D eigenvalue weighted by atomic mass is 10.3. The molecule has 16 heavy (non-hydrogen) atoms. The number of hydrogen-bond acceptors (Lipinski definition) is 4. The van der Waals surface area contributed by atoms with E-state index in [1.807, 2.05) is 11.8 Å². The normalized spacial score (nSPS) is 17.8. The number of carbonyl (C=O) groups excluding carboxylic acids is 2. The fraction of sp³-hybridized carbons (Fsp3) is 0.636. The van der Waals surface area contributed by atoms with Crippen LogP contribution in [0.5, 0.6) is 0 Å². The van der Waals surface area contributed by atoms with E-state index in [0.29, 0.717) is 19.6 Å². The van der Waals surface area contributed by atoms with Crippen LogP contribution in [0.1, 0.15) is 6.92 Å². The van der Waals surface area contributed by atoms with E-state index in [1.165, 1.54) is 7.11 Å². The number of rotatable bonds is 3. The molecule has 0 spiro atoms. The number of carbonyl (C=O) groups is 2. The zero-order valence-electron chi connectivity index (χ0n) is 9.81. The number of nitrogens with zero attached hydrogens (tertiary/aromatic N) is 2. The molecular weight excluding hydrogens is 208 g/mol. The van der Waals surface area contributed by atoms with Crippen LogP contribution in [0.3, 0.4) is 0 Å². The number of piperazine rings is 1. The Balaban J connectivity index is 2.33. The fourth-order valence-corrected chi connectivity index (χ4v) is 1.62. The Morgan fingerprint density at radius 3 is 2.38 bits per heavy atom. The van der Waals surface area contributed by atoms with Crippen LogP contribution in [0, 0.1) is 0 Å². The molecule has 0 bridgehead atoms. The van der Waals surface area contributed by atoms with Gasteiger partial charge in [0.2, 0.25) is 5.91 Å². The van der Waals surface area contributed by atoms with E-state index in [9.17, 15) is 9.59 Å². The quantitative estimate of drug-likeness (QED) is 0.497. The van der Waals surface area contributed by atoms with E-state index >= 15 is 0 Å². The Labute approximate surface area is 95.6 Å². The maximum atomic E-state index is 11.5. The maximum Gasteiger partial charge on any atom is 0.319 e. The summed E-state index contributed by atoms with van der Waals surface area (Å²) in [5.74, 6) is -0.187. The van der Waals surface area contributed by atoms with Crippen molar-refractivity contribution < 1.29 is 14.3 Å². The first-order valence-corrected chi connectivity index (χ1v) is 5.38. The molecule has 0 saturated carbocycles. The molecule has 0 N–H and O–H groups in total. The van der Waals surface area contributed by atoms with Gasteiger partial charge in [-0.2, -0.15) is 0 Å². The Morgan fingerprint density at radius 2 is 1.88 bits per heavy atom. The molecule has 5 nitrogen and oxygen atoms in total. The molecule has 90 valence electrons. The van der Waals surface area contributed by atoms with Crippen LogP contribution >= 0.6 is 0 Å². The third-order valence-corrected chi connectivity index (χ3v) is 2.57. The van der Waals surface area contributed by atoms with Gasteiger partial charge in [-0.3, -0.25) is 14.5 Å². The van der Waals surface area contributed by atoms with Crippen molar-refractivity contribution in [1.29, 1.82) is 0 Å². The number of allylic oxidation sites excluding steroid dienone is 1. The van der Waals surface area contributed by atoms with Crippen molar-refractivity contribution in [2.24, 2.45) is 0 Å². The van der Waals surface area contributed by atoms with Gasteiger partial charge in [0.05, 0.1) is 13.7 Å². The Morgan fingerprint density at radius 1 is 1.25 bits per heavy atom. The molecule has 1 aliphatic rings. The third-order valence-electron chi connectivity index (χ3n) is 2.57. The van der Waals surface area contributed by atoms with Crippen LogP contribution in [-0.2, 0) is 14.3 Å². The van der Waals surface area contributed by atoms with Gasteiger partial charge in [-0.15, -0.1) is 0 Å². The van der Waals surface area contributed by atoms with E-state index in [1.54, 1.807) is 17.1 Å². The van der Waals surface area contributed by atoms with Crippen molar-refractivity contribution in [3.63, 3.8) is 0 Å². The lowest BCUT2D eigenvalue weighted by molar-refractivity contribution is -0.142. The molecule has 1 aliphatic heterocycles. The minimum absolute atomic E-state index is 0.0419. The predicted octanol–water partition coefficient (Wildman–Crippen LogP) is -0.120. The maximum absolute atomic E-state index is 11.5. The van der Waals surface area contributed by atoms with Crippen molar-refractivity contribution in [3.8, 4) is 0 Å². The molecule has 1 rings (SSSR count). The average Bonchev–Trinajstić information content (AvgIpc) is 2.30. The van der Waals surface area contributed by atoms with Crippen molar-refractivity contribution in [2.75, 3.05) is 39.8 Å². The lowest BCUT2D eigenvalue weighted by Gasteiger charge is -2.33. The van der Waals surface area contributed by atoms with Crippen molar-refractivity contribution in [3.05, 3.63) is 12.2 Å². The van der Waals surface area contributed by atoms with Gasteiger partial charge in [-0.1, -0.05) is 6.08 Å². The smallest absolute Gasteiger partial charge is 0.319 e. The molecule has 0 unspecified atom stereocenters. The minimum Gasteiger partial charge on any atom is -0.468 e. The number of esters is 1. The minimum atomic E-state index is -0.228. The van der Waals surface area contributed by atoms with Gasteiger partial charge in [0.25, 0.3) is 0 Å². The summed E-state index contributed by atoms with van der Waals surface area (Å²) in [6.07, 6.45) is 3.30. The molecule has 1 heterocycles. The highest BCUT2D eigenvalue weighted by Crippen LogP contribution is 2.02. The molecule has 0 aliphatic carbocycles. The topological polar surface area (TPSA) is 49.9 Å². The molecule has 0 atom stereocenters. The van der Waals surface area contributed by atoms with Crippen LogP contribution in [0.25, 0.3) is 0 Å². The van der Waals surface area contributed by atoms with Crippen LogP contribution < -0.4 is 0 Å². The summed E-state index contributed by atoms with van der Waals surface area (Å²) in [5.41, 5.74) is 0. The van der Waals surface area contributed by atoms with Crippen LogP contribution in [-0.4, -0.2) is 61.5 Å². The highest BCUT2D eigenvalue weighted by atomic mass is 16.5. The third kappa shape index (κ3) is 3.66.